The molecule has 0 amide bonds. The summed E-state index contributed by atoms with van der Waals surface area (Å²) in [7, 11) is 0. The van der Waals surface area contributed by atoms with Crippen LogP contribution in [0.5, 0.6) is 0 Å². The van der Waals surface area contributed by atoms with Gasteiger partial charge < -0.3 is 5.32 Å². The second kappa shape index (κ2) is 6.68. The van der Waals surface area contributed by atoms with Crippen LogP contribution in [0.25, 0.3) is 0 Å². The third-order valence-corrected chi connectivity index (χ3v) is 4.97. The predicted octanol–water partition coefficient (Wildman–Crippen LogP) is 3.94. The van der Waals surface area contributed by atoms with Crippen LogP contribution in [0.3, 0.4) is 0 Å². The van der Waals surface area contributed by atoms with Crippen molar-refractivity contribution in [3.8, 4) is 0 Å². The molecular weight excluding hydrogens is 280 g/mol. The maximum Gasteiger partial charge on any atom is 0.0409 e. The van der Waals surface area contributed by atoms with Gasteiger partial charge in [0.15, 0.2) is 0 Å². The molecule has 3 heteroatoms. The van der Waals surface area contributed by atoms with Crippen LogP contribution < -0.4 is 5.32 Å². The molecule has 2 nitrogen and oxygen atoms in total. The van der Waals surface area contributed by atoms with E-state index in [1.807, 2.05) is 6.07 Å². The first-order valence-electron chi connectivity index (χ1n) is 8.33. The summed E-state index contributed by atoms with van der Waals surface area (Å²) in [6.07, 6.45) is 4.09. The highest BCUT2D eigenvalue weighted by molar-refractivity contribution is 6.30. The molecule has 2 unspecified atom stereocenters. The fourth-order valence-corrected chi connectivity index (χ4v) is 3.84. The lowest BCUT2D eigenvalue weighted by atomic mass is 9.97. The van der Waals surface area contributed by atoms with Crippen molar-refractivity contribution in [1.82, 2.24) is 10.2 Å². The van der Waals surface area contributed by atoms with E-state index in [0.29, 0.717) is 12.1 Å². The number of nitrogens with one attached hydrogen (secondary N) is 1. The van der Waals surface area contributed by atoms with Crippen LogP contribution in [0.15, 0.2) is 24.3 Å². The minimum absolute atomic E-state index is 0.638. The van der Waals surface area contributed by atoms with E-state index in [1.165, 1.54) is 31.4 Å². The number of benzene rings is 1. The van der Waals surface area contributed by atoms with Crippen molar-refractivity contribution in [2.24, 2.45) is 11.8 Å². The van der Waals surface area contributed by atoms with Crippen LogP contribution >= 0.6 is 11.6 Å². The van der Waals surface area contributed by atoms with Gasteiger partial charge in [-0.15, -0.1) is 0 Å². The number of hydrogen-bond acceptors (Lipinski definition) is 2. The number of rotatable bonds is 5. The zero-order valence-electron chi connectivity index (χ0n) is 13.2. The molecule has 1 aromatic rings. The summed E-state index contributed by atoms with van der Waals surface area (Å²) in [4.78, 5) is 2.70. The third-order valence-electron chi connectivity index (χ3n) is 4.74. The van der Waals surface area contributed by atoms with Gasteiger partial charge in [0.05, 0.1) is 0 Å². The van der Waals surface area contributed by atoms with Crippen molar-refractivity contribution >= 4 is 11.6 Å². The van der Waals surface area contributed by atoms with E-state index >= 15 is 0 Å². The van der Waals surface area contributed by atoms with Gasteiger partial charge in [-0.05, 0) is 48.8 Å². The van der Waals surface area contributed by atoms with Gasteiger partial charge in [-0.3, -0.25) is 4.90 Å². The number of nitrogens with zero attached hydrogens (tertiary/aromatic N) is 1. The molecule has 1 saturated carbocycles. The maximum atomic E-state index is 6.14. The van der Waals surface area contributed by atoms with E-state index in [4.69, 9.17) is 11.6 Å². The highest BCUT2D eigenvalue weighted by Gasteiger charge is 2.38. The molecular formula is C18H27ClN2. The lowest BCUT2D eigenvalue weighted by Gasteiger charge is -2.41. The van der Waals surface area contributed by atoms with E-state index in [-0.39, 0.29) is 0 Å². The first-order valence-corrected chi connectivity index (χ1v) is 8.71. The fourth-order valence-electron chi connectivity index (χ4n) is 3.62. The van der Waals surface area contributed by atoms with Crippen molar-refractivity contribution in [2.45, 2.75) is 51.7 Å². The van der Waals surface area contributed by atoms with Crippen molar-refractivity contribution in [3.63, 3.8) is 0 Å². The first-order chi connectivity index (χ1) is 10.1. The van der Waals surface area contributed by atoms with Crippen LogP contribution in [0, 0.1) is 11.8 Å². The van der Waals surface area contributed by atoms with Gasteiger partial charge in [-0.25, -0.2) is 0 Å². The standard InChI is InChI=1S/C18H27ClN2/c1-13(2)8-17-12-21(18(10-20-17)15-6-7-15)11-14-4-3-5-16(19)9-14/h3-5,9,13,15,17-18,20H,6-8,10-12H2,1-2H3. The van der Waals surface area contributed by atoms with Crippen LogP contribution in [-0.4, -0.2) is 30.1 Å². The molecule has 2 aliphatic rings. The van der Waals surface area contributed by atoms with Crippen LogP contribution in [0.2, 0.25) is 5.02 Å². The summed E-state index contributed by atoms with van der Waals surface area (Å²) < 4.78 is 0. The van der Waals surface area contributed by atoms with E-state index < -0.39 is 0 Å². The average Bonchev–Trinajstić information content (AvgIpc) is 3.22. The van der Waals surface area contributed by atoms with E-state index in [1.54, 1.807) is 0 Å². The molecule has 3 rings (SSSR count). The van der Waals surface area contributed by atoms with Crippen molar-refractivity contribution in [2.75, 3.05) is 13.1 Å². The minimum Gasteiger partial charge on any atom is -0.311 e. The van der Waals surface area contributed by atoms with Crippen molar-refractivity contribution in [3.05, 3.63) is 34.9 Å². The molecule has 0 radical (unpaired) electrons. The number of halogens is 1. The molecule has 1 aliphatic heterocycles. The Hall–Kier alpha value is -0.570. The van der Waals surface area contributed by atoms with Gasteiger partial charge >= 0.3 is 0 Å². The van der Waals surface area contributed by atoms with Gasteiger partial charge in [-0.2, -0.15) is 0 Å². The van der Waals surface area contributed by atoms with Crippen molar-refractivity contribution in [1.29, 1.82) is 0 Å². The highest BCUT2D eigenvalue weighted by atomic mass is 35.5. The second-order valence-electron chi connectivity index (χ2n) is 7.20. The zero-order chi connectivity index (χ0) is 14.8. The first kappa shape index (κ1) is 15.3. The van der Waals surface area contributed by atoms with E-state index in [0.717, 1.165) is 29.9 Å². The fraction of sp³-hybridized carbons (Fsp3) is 0.667. The Balaban J connectivity index is 1.68. The predicted molar refractivity (Wildman–Crippen MR) is 89.6 cm³/mol. The van der Waals surface area contributed by atoms with Gasteiger partial charge in [-0.1, -0.05) is 37.6 Å². The van der Waals surface area contributed by atoms with Gasteiger partial charge in [0.2, 0.25) is 0 Å². The normalized spacial score (nSPS) is 27.2. The van der Waals surface area contributed by atoms with Gasteiger partial charge in [0, 0.05) is 36.7 Å². The Morgan fingerprint density at radius 3 is 2.81 bits per heavy atom. The van der Waals surface area contributed by atoms with E-state index in [2.05, 4.69) is 42.3 Å². The minimum atomic E-state index is 0.638. The molecule has 1 aliphatic carbocycles. The average molecular weight is 307 g/mol. The van der Waals surface area contributed by atoms with Crippen LogP contribution in [-0.2, 0) is 6.54 Å². The SMILES string of the molecule is CC(C)CC1CN(Cc2cccc(Cl)c2)C(C2CC2)CN1. The third kappa shape index (κ3) is 4.21. The molecule has 0 aromatic heterocycles. The topological polar surface area (TPSA) is 15.3 Å². The zero-order valence-corrected chi connectivity index (χ0v) is 13.9. The molecule has 1 saturated heterocycles. The molecule has 21 heavy (non-hydrogen) atoms. The van der Waals surface area contributed by atoms with E-state index in [9.17, 15) is 0 Å². The van der Waals surface area contributed by atoms with Crippen LogP contribution in [0.4, 0.5) is 0 Å². The molecule has 0 bridgehead atoms. The molecule has 2 atom stereocenters. The second-order valence-corrected chi connectivity index (χ2v) is 7.64. The summed E-state index contributed by atoms with van der Waals surface area (Å²) in [5.41, 5.74) is 1.35. The number of piperazine rings is 1. The lowest BCUT2D eigenvalue weighted by molar-refractivity contribution is 0.100. The summed E-state index contributed by atoms with van der Waals surface area (Å²) in [6, 6.07) is 9.70. The van der Waals surface area contributed by atoms with Gasteiger partial charge in [0.1, 0.15) is 0 Å². The molecule has 1 N–H and O–H groups in total. The summed E-state index contributed by atoms with van der Waals surface area (Å²) in [6.45, 7) is 8.00. The molecule has 1 aromatic carbocycles. The lowest BCUT2D eigenvalue weighted by Crippen LogP contribution is -2.57. The molecule has 0 spiro atoms. The Morgan fingerprint density at radius 2 is 2.14 bits per heavy atom. The Morgan fingerprint density at radius 1 is 1.33 bits per heavy atom. The van der Waals surface area contributed by atoms with Crippen LogP contribution in [0.1, 0.15) is 38.7 Å². The largest absolute Gasteiger partial charge is 0.311 e. The Bertz CT molecular complexity index is 470. The summed E-state index contributed by atoms with van der Waals surface area (Å²) in [5, 5.41) is 4.63. The van der Waals surface area contributed by atoms with Gasteiger partial charge in [0.25, 0.3) is 0 Å². The smallest absolute Gasteiger partial charge is 0.0409 e. The highest BCUT2D eigenvalue weighted by Crippen LogP contribution is 2.37. The maximum absolute atomic E-state index is 6.14. The monoisotopic (exact) mass is 306 g/mol. The van der Waals surface area contributed by atoms with Crippen molar-refractivity contribution < 1.29 is 0 Å². The Kier molecular flexibility index (Phi) is 4.88. The number of hydrogen-bond donors (Lipinski definition) is 1. The molecule has 116 valence electrons. The molecule has 1 heterocycles. The summed E-state index contributed by atoms with van der Waals surface area (Å²) in [5.74, 6) is 1.67. The molecule has 2 fully saturated rings. The Labute approximate surface area is 133 Å². The summed E-state index contributed by atoms with van der Waals surface area (Å²) >= 11 is 6.14. The quantitative estimate of drug-likeness (QED) is 0.886.